The Kier molecular flexibility index (Phi) is 5.05. The van der Waals surface area contributed by atoms with Crippen LogP contribution in [-0.2, 0) is 17.8 Å². The minimum Gasteiger partial charge on any atom is -0.493 e. The smallest absolute Gasteiger partial charge is 0.320 e. The first-order chi connectivity index (χ1) is 9.47. The second-order valence-corrected chi connectivity index (χ2v) is 6.47. The maximum Gasteiger partial charge on any atom is 0.320 e. The average molecular weight is 342 g/mol. The summed E-state index contributed by atoms with van der Waals surface area (Å²) in [5.41, 5.74) is 2.20. The highest BCUT2D eigenvalue weighted by atomic mass is 79.9. The van der Waals surface area contributed by atoms with Crippen LogP contribution >= 0.6 is 15.9 Å². The summed E-state index contributed by atoms with van der Waals surface area (Å²) in [6, 6.07) is 3.53. The van der Waals surface area contributed by atoms with Crippen molar-refractivity contribution < 1.29 is 14.6 Å². The van der Waals surface area contributed by atoms with Crippen molar-refractivity contribution in [1.29, 1.82) is 0 Å². The molecule has 0 saturated carbocycles. The maximum atomic E-state index is 11.3. The molecular formula is C15H20BrNO3. The molecule has 0 saturated heterocycles. The molecule has 1 aliphatic heterocycles. The molecule has 4 nitrogen and oxygen atoms in total. The number of ether oxygens (including phenoxy) is 1. The van der Waals surface area contributed by atoms with Gasteiger partial charge in [-0.05, 0) is 30.0 Å². The lowest BCUT2D eigenvalue weighted by atomic mass is 10.0. The minimum atomic E-state index is -0.800. The molecule has 1 atom stereocenters. The number of carboxylic acids is 1. The zero-order valence-electron chi connectivity index (χ0n) is 11.8. The van der Waals surface area contributed by atoms with Crippen LogP contribution in [0.25, 0.3) is 0 Å². The number of carboxylic acid groups (broad SMARTS) is 1. The van der Waals surface area contributed by atoms with Crippen LogP contribution in [0.5, 0.6) is 5.75 Å². The molecule has 0 bridgehead atoms. The van der Waals surface area contributed by atoms with Crippen molar-refractivity contribution in [2.75, 3.05) is 6.61 Å². The molecule has 1 aromatic rings. The van der Waals surface area contributed by atoms with E-state index in [1.54, 1.807) is 0 Å². The van der Waals surface area contributed by atoms with Crippen LogP contribution in [0.2, 0.25) is 0 Å². The largest absolute Gasteiger partial charge is 0.493 e. The summed E-state index contributed by atoms with van der Waals surface area (Å²) < 4.78 is 6.66. The quantitative estimate of drug-likeness (QED) is 0.835. The molecule has 0 aromatic heterocycles. The molecule has 1 unspecified atom stereocenters. The Bertz CT molecular complexity index is 502. The van der Waals surface area contributed by atoms with E-state index in [1.807, 2.05) is 19.9 Å². The minimum absolute atomic E-state index is 0.341. The van der Waals surface area contributed by atoms with E-state index >= 15 is 0 Å². The topological polar surface area (TPSA) is 58.6 Å². The van der Waals surface area contributed by atoms with Crippen LogP contribution in [0.15, 0.2) is 16.6 Å². The molecule has 0 fully saturated rings. The Morgan fingerprint density at radius 3 is 2.90 bits per heavy atom. The fraction of sp³-hybridized carbons (Fsp3) is 0.533. The predicted octanol–water partition coefficient (Wildman–Crippen LogP) is 2.97. The molecule has 0 aliphatic carbocycles. The second kappa shape index (κ2) is 6.59. The summed E-state index contributed by atoms with van der Waals surface area (Å²) in [5, 5.41) is 12.4. The van der Waals surface area contributed by atoms with Crippen molar-refractivity contribution >= 4 is 21.9 Å². The highest BCUT2D eigenvalue weighted by molar-refractivity contribution is 9.10. The first-order valence-corrected chi connectivity index (χ1v) is 7.67. The standard InChI is InChI=1S/C15H20BrNO3/c1-9(2)5-13(15(18)19)17-8-11-7-12(16)6-10-3-4-20-14(10)11/h6-7,9,13,17H,3-5,8H2,1-2H3,(H,18,19). The first kappa shape index (κ1) is 15.3. The van der Waals surface area contributed by atoms with Gasteiger partial charge in [0.25, 0.3) is 0 Å². The fourth-order valence-electron chi connectivity index (χ4n) is 2.45. The third-order valence-electron chi connectivity index (χ3n) is 3.37. The van der Waals surface area contributed by atoms with E-state index in [2.05, 4.69) is 27.3 Å². The maximum absolute atomic E-state index is 11.3. The molecular weight excluding hydrogens is 322 g/mol. The van der Waals surface area contributed by atoms with Crippen molar-refractivity contribution in [3.8, 4) is 5.75 Å². The molecule has 2 N–H and O–H groups in total. The summed E-state index contributed by atoms with van der Waals surface area (Å²) >= 11 is 3.49. The van der Waals surface area contributed by atoms with Gasteiger partial charge < -0.3 is 15.2 Å². The van der Waals surface area contributed by atoms with Crippen LogP contribution in [0, 0.1) is 5.92 Å². The Morgan fingerprint density at radius 2 is 2.25 bits per heavy atom. The van der Waals surface area contributed by atoms with Gasteiger partial charge in [-0.15, -0.1) is 0 Å². The van der Waals surface area contributed by atoms with Crippen LogP contribution in [0.3, 0.4) is 0 Å². The van der Waals surface area contributed by atoms with E-state index in [9.17, 15) is 9.90 Å². The summed E-state index contributed by atoms with van der Waals surface area (Å²) in [4.78, 5) is 11.3. The summed E-state index contributed by atoms with van der Waals surface area (Å²) in [6.07, 6.45) is 1.53. The summed E-state index contributed by atoms with van der Waals surface area (Å²) in [7, 11) is 0. The average Bonchev–Trinajstić information content (AvgIpc) is 2.81. The highest BCUT2D eigenvalue weighted by Gasteiger charge is 2.21. The van der Waals surface area contributed by atoms with Gasteiger partial charge in [-0.3, -0.25) is 4.79 Å². The van der Waals surface area contributed by atoms with E-state index < -0.39 is 12.0 Å². The molecule has 2 rings (SSSR count). The zero-order chi connectivity index (χ0) is 14.7. The van der Waals surface area contributed by atoms with Gasteiger partial charge in [-0.2, -0.15) is 0 Å². The Balaban J connectivity index is 2.08. The van der Waals surface area contributed by atoms with Crippen molar-refractivity contribution in [3.63, 3.8) is 0 Å². The lowest BCUT2D eigenvalue weighted by Gasteiger charge is -2.17. The SMILES string of the molecule is CC(C)CC(NCc1cc(Br)cc2c1OCC2)C(=O)O. The van der Waals surface area contributed by atoms with Gasteiger partial charge in [-0.25, -0.2) is 0 Å². The predicted molar refractivity (Wildman–Crippen MR) is 81.1 cm³/mol. The van der Waals surface area contributed by atoms with Gasteiger partial charge in [0, 0.05) is 23.0 Å². The molecule has 1 heterocycles. The number of hydrogen-bond donors (Lipinski definition) is 2. The number of aliphatic carboxylic acids is 1. The third kappa shape index (κ3) is 3.73. The van der Waals surface area contributed by atoms with Crippen molar-refractivity contribution in [1.82, 2.24) is 5.32 Å². The van der Waals surface area contributed by atoms with E-state index in [4.69, 9.17) is 4.74 Å². The van der Waals surface area contributed by atoms with E-state index in [-0.39, 0.29) is 0 Å². The normalized spacial score (nSPS) is 15.0. The fourth-order valence-corrected chi connectivity index (χ4v) is 3.01. The van der Waals surface area contributed by atoms with Gasteiger partial charge >= 0.3 is 5.97 Å². The monoisotopic (exact) mass is 341 g/mol. The molecule has 5 heteroatoms. The van der Waals surface area contributed by atoms with Crippen molar-refractivity contribution in [2.24, 2.45) is 5.92 Å². The molecule has 1 aliphatic rings. The van der Waals surface area contributed by atoms with Crippen LogP contribution in [-0.4, -0.2) is 23.7 Å². The number of carbonyl (C=O) groups is 1. The van der Waals surface area contributed by atoms with Gasteiger partial charge in [0.2, 0.25) is 0 Å². The van der Waals surface area contributed by atoms with E-state index in [1.165, 1.54) is 5.56 Å². The van der Waals surface area contributed by atoms with Gasteiger partial charge in [0.15, 0.2) is 0 Å². The van der Waals surface area contributed by atoms with Gasteiger partial charge in [0.1, 0.15) is 11.8 Å². The lowest BCUT2D eigenvalue weighted by molar-refractivity contribution is -0.140. The number of benzene rings is 1. The Hall–Kier alpha value is -1.07. The van der Waals surface area contributed by atoms with Gasteiger partial charge in [0.05, 0.1) is 6.61 Å². The lowest BCUT2D eigenvalue weighted by Crippen LogP contribution is -2.37. The van der Waals surface area contributed by atoms with Gasteiger partial charge in [-0.1, -0.05) is 29.8 Å². The Labute approximate surface area is 127 Å². The van der Waals surface area contributed by atoms with Crippen LogP contribution < -0.4 is 10.1 Å². The molecule has 1 aromatic carbocycles. The summed E-state index contributed by atoms with van der Waals surface area (Å²) in [5.74, 6) is 0.453. The number of halogens is 1. The Morgan fingerprint density at radius 1 is 1.50 bits per heavy atom. The molecule has 0 spiro atoms. The molecule has 0 amide bonds. The van der Waals surface area contributed by atoms with Crippen LogP contribution in [0.1, 0.15) is 31.4 Å². The summed E-state index contributed by atoms with van der Waals surface area (Å²) in [6.45, 7) is 5.26. The zero-order valence-corrected chi connectivity index (χ0v) is 13.4. The van der Waals surface area contributed by atoms with Crippen LogP contribution in [0.4, 0.5) is 0 Å². The number of nitrogens with one attached hydrogen (secondary N) is 1. The van der Waals surface area contributed by atoms with E-state index in [0.717, 1.165) is 22.2 Å². The third-order valence-corrected chi connectivity index (χ3v) is 3.83. The van der Waals surface area contributed by atoms with Crippen molar-refractivity contribution in [2.45, 2.75) is 39.3 Å². The van der Waals surface area contributed by atoms with E-state index in [0.29, 0.717) is 25.5 Å². The number of fused-ring (bicyclic) bond motifs is 1. The van der Waals surface area contributed by atoms with Crippen molar-refractivity contribution in [3.05, 3.63) is 27.7 Å². The highest BCUT2D eigenvalue weighted by Crippen LogP contribution is 2.33. The number of rotatable bonds is 6. The number of hydrogen-bond acceptors (Lipinski definition) is 3. The molecule has 20 heavy (non-hydrogen) atoms. The molecule has 0 radical (unpaired) electrons. The molecule has 110 valence electrons. The first-order valence-electron chi connectivity index (χ1n) is 6.87. The second-order valence-electron chi connectivity index (χ2n) is 5.55.